The average molecular weight is 228 g/mol. The monoisotopic (exact) mass is 228 g/mol. The third-order valence-corrected chi connectivity index (χ3v) is 2.35. The molecule has 17 heavy (non-hydrogen) atoms. The number of hydrogen-bond donors (Lipinski definition) is 0. The molecular weight excluding hydrogens is 216 g/mol. The standard InChI is InChI=1S/C13H12N2O2/c1-17-13-12(15-11(9-16)8-14-13)7-10-5-3-2-4-6-10/h2-6,8-9H,7H2,1H3. The number of benzene rings is 1. The molecule has 1 heterocycles. The molecule has 0 N–H and O–H groups in total. The quantitative estimate of drug-likeness (QED) is 0.750. The van der Waals surface area contributed by atoms with E-state index in [9.17, 15) is 4.79 Å². The van der Waals surface area contributed by atoms with Gasteiger partial charge in [0.15, 0.2) is 6.29 Å². The van der Waals surface area contributed by atoms with Gasteiger partial charge in [0.05, 0.1) is 13.3 Å². The Labute approximate surface area is 99.3 Å². The second-order valence-corrected chi connectivity index (χ2v) is 3.53. The number of rotatable bonds is 4. The van der Waals surface area contributed by atoms with Gasteiger partial charge in [-0.05, 0) is 5.56 Å². The third kappa shape index (κ3) is 2.66. The lowest BCUT2D eigenvalue weighted by Crippen LogP contribution is -2.02. The van der Waals surface area contributed by atoms with Crippen molar-refractivity contribution in [2.45, 2.75) is 6.42 Å². The molecule has 0 atom stereocenters. The third-order valence-electron chi connectivity index (χ3n) is 2.35. The van der Waals surface area contributed by atoms with Crippen molar-refractivity contribution in [2.75, 3.05) is 7.11 Å². The summed E-state index contributed by atoms with van der Waals surface area (Å²) < 4.78 is 5.13. The highest BCUT2D eigenvalue weighted by molar-refractivity contribution is 5.71. The maximum absolute atomic E-state index is 10.7. The Bertz CT molecular complexity index is 512. The zero-order valence-electron chi connectivity index (χ0n) is 9.46. The van der Waals surface area contributed by atoms with Gasteiger partial charge in [0.25, 0.3) is 0 Å². The van der Waals surface area contributed by atoms with Crippen LogP contribution in [-0.4, -0.2) is 23.4 Å². The van der Waals surface area contributed by atoms with Crippen LogP contribution in [0.4, 0.5) is 0 Å². The molecule has 4 heteroatoms. The summed E-state index contributed by atoms with van der Waals surface area (Å²) in [6, 6.07) is 9.86. The van der Waals surface area contributed by atoms with Crippen LogP contribution in [0, 0.1) is 0 Å². The molecule has 1 aromatic heterocycles. The van der Waals surface area contributed by atoms with E-state index in [0.29, 0.717) is 30.0 Å². The second-order valence-electron chi connectivity index (χ2n) is 3.53. The number of nitrogens with zero attached hydrogens (tertiary/aromatic N) is 2. The molecule has 0 saturated carbocycles. The molecule has 0 saturated heterocycles. The summed E-state index contributed by atoms with van der Waals surface area (Å²) in [5, 5.41) is 0. The van der Waals surface area contributed by atoms with Gasteiger partial charge in [0.2, 0.25) is 5.88 Å². The van der Waals surface area contributed by atoms with E-state index in [2.05, 4.69) is 9.97 Å². The van der Waals surface area contributed by atoms with Crippen LogP contribution >= 0.6 is 0 Å². The predicted octanol–water partition coefficient (Wildman–Crippen LogP) is 1.89. The number of carbonyl (C=O) groups excluding carboxylic acids is 1. The molecule has 0 aliphatic carbocycles. The van der Waals surface area contributed by atoms with Crippen molar-refractivity contribution in [3.05, 3.63) is 53.5 Å². The minimum absolute atomic E-state index is 0.316. The topological polar surface area (TPSA) is 52.1 Å². The Kier molecular flexibility index (Phi) is 3.45. The number of ether oxygens (including phenoxy) is 1. The molecule has 0 fully saturated rings. The van der Waals surface area contributed by atoms with Gasteiger partial charge in [-0.3, -0.25) is 4.79 Å². The molecule has 86 valence electrons. The highest BCUT2D eigenvalue weighted by atomic mass is 16.5. The first-order chi connectivity index (χ1) is 8.33. The van der Waals surface area contributed by atoms with E-state index in [1.54, 1.807) is 7.11 Å². The summed E-state index contributed by atoms with van der Waals surface area (Å²) >= 11 is 0. The van der Waals surface area contributed by atoms with Gasteiger partial charge in [-0.1, -0.05) is 30.3 Å². The van der Waals surface area contributed by atoms with Crippen molar-refractivity contribution in [1.82, 2.24) is 9.97 Å². The van der Waals surface area contributed by atoms with E-state index in [-0.39, 0.29) is 0 Å². The summed E-state index contributed by atoms with van der Waals surface area (Å²) in [6.07, 6.45) is 2.68. The van der Waals surface area contributed by atoms with Gasteiger partial charge in [-0.15, -0.1) is 0 Å². The molecule has 4 nitrogen and oxygen atoms in total. The SMILES string of the molecule is COc1ncc(C=O)nc1Cc1ccccc1. The minimum atomic E-state index is 0.316. The molecule has 1 aromatic carbocycles. The van der Waals surface area contributed by atoms with Crippen molar-refractivity contribution < 1.29 is 9.53 Å². The number of hydrogen-bond acceptors (Lipinski definition) is 4. The summed E-state index contributed by atoms with van der Waals surface area (Å²) in [7, 11) is 1.54. The first-order valence-electron chi connectivity index (χ1n) is 5.22. The Morgan fingerprint density at radius 1 is 1.29 bits per heavy atom. The molecule has 0 amide bonds. The average Bonchev–Trinajstić information content (AvgIpc) is 2.40. The van der Waals surface area contributed by atoms with Crippen LogP contribution in [-0.2, 0) is 6.42 Å². The minimum Gasteiger partial charge on any atom is -0.480 e. The smallest absolute Gasteiger partial charge is 0.235 e. The lowest BCUT2D eigenvalue weighted by atomic mass is 10.1. The van der Waals surface area contributed by atoms with Crippen LogP contribution in [0.3, 0.4) is 0 Å². The van der Waals surface area contributed by atoms with Crippen molar-refractivity contribution in [1.29, 1.82) is 0 Å². The van der Waals surface area contributed by atoms with Crippen LogP contribution in [0.1, 0.15) is 21.7 Å². The van der Waals surface area contributed by atoms with Gasteiger partial charge >= 0.3 is 0 Å². The summed E-state index contributed by atoms with van der Waals surface area (Å²) in [6.45, 7) is 0. The largest absolute Gasteiger partial charge is 0.480 e. The fourth-order valence-corrected chi connectivity index (χ4v) is 1.56. The van der Waals surface area contributed by atoms with Gasteiger partial charge in [0, 0.05) is 6.42 Å². The Balaban J connectivity index is 2.33. The van der Waals surface area contributed by atoms with Crippen molar-refractivity contribution >= 4 is 6.29 Å². The van der Waals surface area contributed by atoms with E-state index in [0.717, 1.165) is 5.56 Å². The van der Waals surface area contributed by atoms with E-state index in [1.165, 1.54) is 6.20 Å². The van der Waals surface area contributed by atoms with Crippen molar-refractivity contribution in [3.63, 3.8) is 0 Å². The lowest BCUT2D eigenvalue weighted by Gasteiger charge is -2.06. The van der Waals surface area contributed by atoms with Gasteiger partial charge in [-0.25, -0.2) is 9.97 Å². The number of aldehydes is 1. The molecule has 0 radical (unpaired) electrons. The number of carbonyl (C=O) groups is 1. The number of methoxy groups -OCH3 is 1. The molecule has 0 aliphatic heterocycles. The molecule has 0 aliphatic rings. The van der Waals surface area contributed by atoms with Crippen molar-refractivity contribution in [3.8, 4) is 5.88 Å². The van der Waals surface area contributed by atoms with E-state index in [4.69, 9.17) is 4.74 Å². The summed E-state index contributed by atoms with van der Waals surface area (Å²) in [5.74, 6) is 0.458. The van der Waals surface area contributed by atoms with Gasteiger partial charge < -0.3 is 4.74 Å². The first kappa shape index (κ1) is 11.3. The molecular formula is C13H12N2O2. The van der Waals surface area contributed by atoms with Crippen LogP contribution in [0.15, 0.2) is 36.5 Å². The summed E-state index contributed by atoms with van der Waals surface area (Å²) in [5.41, 5.74) is 2.09. The maximum Gasteiger partial charge on any atom is 0.235 e. The zero-order valence-corrected chi connectivity index (χ0v) is 9.46. The molecule has 2 aromatic rings. The second kappa shape index (κ2) is 5.21. The van der Waals surface area contributed by atoms with Crippen LogP contribution in [0.2, 0.25) is 0 Å². The molecule has 2 rings (SSSR count). The van der Waals surface area contributed by atoms with Gasteiger partial charge in [0.1, 0.15) is 11.4 Å². The van der Waals surface area contributed by atoms with Crippen LogP contribution in [0.5, 0.6) is 5.88 Å². The zero-order chi connectivity index (χ0) is 12.1. The predicted molar refractivity (Wildman–Crippen MR) is 63.2 cm³/mol. The molecule has 0 bridgehead atoms. The Morgan fingerprint density at radius 3 is 2.71 bits per heavy atom. The van der Waals surface area contributed by atoms with Crippen molar-refractivity contribution in [2.24, 2.45) is 0 Å². The molecule has 0 unspecified atom stereocenters. The van der Waals surface area contributed by atoms with Crippen LogP contribution in [0.25, 0.3) is 0 Å². The van der Waals surface area contributed by atoms with E-state index >= 15 is 0 Å². The highest BCUT2D eigenvalue weighted by Crippen LogP contribution is 2.16. The normalized spacial score (nSPS) is 9.94. The van der Waals surface area contributed by atoms with Crippen LogP contribution < -0.4 is 4.74 Å². The summed E-state index contributed by atoms with van der Waals surface area (Å²) in [4.78, 5) is 18.9. The van der Waals surface area contributed by atoms with E-state index in [1.807, 2.05) is 30.3 Å². The Morgan fingerprint density at radius 2 is 2.06 bits per heavy atom. The molecule has 0 spiro atoms. The number of aromatic nitrogens is 2. The maximum atomic E-state index is 10.7. The first-order valence-corrected chi connectivity index (χ1v) is 5.22. The van der Waals surface area contributed by atoms with Gasteiger partial charge in [-0.2, -0.15) is 0 Å². The Hall–Kier alpha value is -2.23. The fraction of sp³-hybridized carbons (Fsp3) is 0.154. The van der Waals surface area contributed by atoms with E-state index < -0.39 is 0 Å². The fourth-order valence-electron chi connectivity index (χ4n) is 1.56. The lowest BCUT2D eigenvalue weighted by molar-refractivity contribution is 0.111. The highest BCUT2D eigenvalue weighted by Gasteiger charge is 2.08.